The number of carbonyl (C=O) groups excluding carboxylic acids is 1. The molecule has 0 saturated carbocycles. The van der Waals surface area contributed by atoms with Gasteiger partial charge in [-0.05, 0) is 32.3 Å². The van der Waals surface area contributed by atoms with Crippen LogP contribution in [0.2, 0.25) is 0 Å². The van der Waals surface area contributed by atoms with Gasteiger partial charge in [-0.2, -0.15) is 5.10 Å². The summed E-state index contributed by atoms with van der Waals surface area (Å²) in [5.74, 6) is -0.231. The largest absolute Gasteiger partial charge is 0.392 e. The fourth-order valence-corrected chi connectivity index (χ4v) is 3.94. The van der Waals surface area contributed by atoms with Crippen LogP contribution < -0.4 is 10.9 Å². The third kappa shape index (κ3) is 5.04. The summed E-state index contributed by atoms with van der Waals surface area (Å²) in [6.07, 6.45) is 4.86. The monoisotopic (exact) mass is 444 g/mol. The quantitative estimate of drug-likeness (QED) is 0.437. The zero-order valence-corrected chi connectivity index (χ0v) is 18.9. The SMILES string of the molecule is Cc1ccc(-c2nn3ccn(CC(=O)N[C@H](C)CCc4ccccc4)c(=O)c3c2CO)cc1. The number of nitrogens with one attached hydrogen (secondary N) is 1. The molecule has 2 N–H and O–H groups in total. The van der Waals surface area contributed by atoms with Crippen molar-refractivity contribution in [2.24, 2.45) is 0 Å². The van der Waals surface area contributed by atoms with Crippen molar-refractivity contribution in [1.82, 2.24) is 19.5 Å². The standard InChI is InChI=1S/C26H28N4O3/c1-18-8-12-21(13-9-18)24-22(17-31)25-26(33)29(14-15-30(25)28-24)16-23(32)27-19(2)10-11-20-6-4-3-5-7-20/h3-9,12-15,19,31H,10-11,16-17H2,1-2H3,(H,27,32)/t19-/m1/s1. The maximum Gasteiger partial charge on any atom is 0.277 e. The van der Waals surface area contributed by atoms with Gasteiger partial charge in [-0.15, -0.1) is 0 Å². The zero-order valence-electron chi connectivity index (χ0n) is 18.9. The summed E-state index contributed by atoms with van der Waals surface area (Å²) in [6, 6.07) is 17.9. The van der Waals surface area contributed by atoms with E-state index < -0.39 is 0 Å². The highest BCUT2D eigenvalue weighted by Gasteiger charge is 2.18. The summed E-state index contributed by atoms with van der Waals surface area (Å²) >= 11 is 0. The lowest BCUT2D eigenvalue weighted by atomic mass is 10.1. The predicted molar refractivity (Wildman–Crippen MR) is 128 cm³/mol. The van der Waals surface area contributed by atoms with Crippen molar-refractivity contribution in [3.05, 3.63) is 94.0 Å². The van der Waals surface area contributed by atoms with Crippen LogP contribution >= 0.6 is 0 Å². The molecule has 1 atom stereocenters. The summed E-state index contributed by atoms with van der Waals surface area (Å²) in [7, 11) is 0. The maximum absolute atomic E-state index is 13.1. The minimum atomic E-state index is -0.362. The van der Waals surface area contributed by atoms with E-state index in [-0.39, 0.29) is 36.2 Å². The second-order valence-corrected chi connectivity index (χ2v) is 8.37. The van der Waals surface area contributed by atoms with Gasteiger partial charge in [-0.1, -0.05) is 60.2 Å². The molecule has 2 heterocycles. The van der Waals surface area contributed by atoms with E-state index in [0.29, 0.717) is 11.3 Å². The fraction of sp³-hybridized carbons (Fsp3) is 0.269. The van der Waals surface area contributed by atoms with Crippen molar-refractivity contribution in [2.45, 2.75) is 45.9 Å². The van der Waals surface area contributed by atoms with Crippen molar-refractivity contribution in [3.63, 3.8) is 0 Å². The molecule has 2 aromatic carbocycles. The first-order valence-electron chi connectivity index (χ1n) is 11.1. The highest BCUT2D eigenvalue weighted by molar-refractivity contribution is 5.76. The molecule has 0 bridgehead atoms. The lowest BCUT2D eigenvalue weighted by molar-refractivity contribution is -0.122. The lowest BCUT2D eigenvalue weighted by Crippen LogP contribution is -2.37. The van der Waals surface area contributed by atoms with E-state index in [0.717, 1.165) is 24.0 Å². The number of amides is 1. The van der Waals surface area contributed by atoms with Crippen molar-refractivity contribution in [2.75, 3.05) is 0 Å². The molecule has 0 unspecified atom stereocenters. The third-order valence-corrected chi connectivity index (χ3v) is 5.77. The number of aliphatic hydroxyl groups excluding tert-OH is 1. The molecule has 7 nitrogen and oxygen atoms in total. The number of nitrogens with zero attached hydrogens (tertiary/aromatic N) is 3. The van der Waals surface area contributed by atoms with Crippen LogP contribution in [0, 0.1) is 6.92 Å². The van der Waals surface area contributed by atoms with E-state index in [1.54, 1.807) is 12.4 Å². The Balaban J connectivity index is 1.51. The van der Waals surface area contributed by atoms with Crippen LogP contribution in [0.3, 0.4) is 0 Å². The van der Waals surface area contributed by atoms with E-state index >= 15 is 0 Å². The highest BCUT2D eigenvalue weighted by atomic mass is 16.3. The smallest absolute Gasteiger partial charge is 0.277 e. The molecule has 7 heteroatoms. The number of hydrogen-bond acceptors (Lipinski definition) is 4. The molecule has 4 aromatic rings. The van der Waals surface area contributed by atoms with Crippen molar-refractivity contribution < 1.29 is 9.90 Å². The molecule has 0 saturated heterocycles. The van der Waals surface area contributed by atoms with E-state index in [2.05, 4.69) is 22.5 Å². The number of aryl methyl sites for hydroxylation is 2. The molecular formula is C26H28N4O3. The minimum absolute atomic E-state index is 0.0201. The number of aromatic nitrogens is 3. The Labute approximate surface area is 192 Å². The average molecular weight is 445 g/mol. The number of rotatable bonds is 8. The van der Waals surface area contributed by atoms with Gasteiger partial charge in [0.05, 0.1) is 12.3 Å². The third-order valence-electron chi connectivity index (χ3n) is 5.77. The molecule has 0 aliphatic heterocycles. The van der Waals surface area contributed by atoms with Gasteiger partial charge in [0.25, 0.3) is 5.56 Å². The van der Waals surface area contributed by atoms with Crippen LogP contribution in [-0.2, 0) is 24.4 Å². The van der Waals surface area contributed by atoms with Gasteiger partial charge in [-0.3, -0.25) is 9.59 Å². The Hall–Kier alpha value is -3.71. The molecule has 1 amide bonds. The van der Waals surface area contributed by atoms with E-state index in [4.69, 9.17) is 0 Å². The number of benzene rings is 2. The first kappa shape index (κ1) is 22.5. The van der Waals surface area contributed by atoms with Crippen molar-refractivity contribution in [3.8, 4) is 11.3 Å². The first-order chi connectivity index (χ1) is 16.0. The van der Waals surface area contributed by atoms with Gasteiger partial charge in [0.15, 0.2) is 0 Å². The minimum Gasteiger partial charge on any atom is -0.392 e. The first-order valence-corrected chi connectivity index (χ1v) is 11.1. The highest BCUT2D eigenvalue weighted by Crippen LogP contribution is 2.25. The maximum atomic E-state index is 13.1. The number of carbonyl (C=O) groups is 1. The number of hydrogen-bond donors (Lipinski definition) is 2. The molecular weight excluding hydrogens is 416 g/mol. The summed E-state index contributed by atoms with van der Waals surface area (Å²) in [5.41, 5.74) is 4.09. The van der Waals surface area contributed by atoms with Gasteiger partial charge >= 0.3 is 0 Å². The topological polar surface area (TPSA) is 88.6 Å². The van der Waals surface area contributed by atoms with Gasteiger partial charge in [0, 0.05) is 29.6 Å². The zero-order chi connectivity index (χ0) is 23.4. The Kier molecular flexibility index (Phi) is 6.70. The van der Waals surface area contributed by atoms with Gasteiger partial charge < -0.3 is 15.0 Å². The van der Waals surface area contributed by atoms with Crippen LogP contribution in [0.15, 0.2) is 71.8 Å². The molecule has 33 heavy (non-hydrogen) atoms. The van der Waals surface area contributed by atoms with Crippen molar-refractivity contribution >= 4 is 11.4 Å². The fourth-order valence-electron chi connectivity index (χ4n) is 3.94. The van der Waals surface area contributed by atoms with Crippen LogP contribution in [0.4, 0.5) is 0 Å². The summed E-state index contributed by atoms with van der Waals surface area (Å²) < 4.78 is 2.83. The summed E-state index contributed by atoms with van der Waals surface area (Å²) in [5, 5.41) is 17.5. The number of fused-ring (bicyclic) bond motifs is 1. The molecule has 4 rings (SSSR count). The van der Waals surface area contributed by atoms with Gasteiger partial charge in [0.1, 0.15) is 12.1 Å². The van der Waals surface area contributed by atoms with Crippen molar-refractivity contribution in [1.29, 1.82) is 0 Å². The molecule has 0 radical (unpaired) electrons. The van der Waals surface area contributed by atoms with Crippen LogP contribution in [0.1, 0.15) is 30.0 Å². The molecule has 0 fully saturated rings. The van der Waals surface area contributed by atoms with Crippen LogP contribution in [0.25, 0.3) is 16.8 Å². The molecule has 0 aliphatic rings. The Morgan fingerprint density at radius 3 is 2.52 bits per heavy atom. The summed E-state index contributed by atoms with van der Waals surface area (Å²) in [4.78, 5) is 25.7. The molecule has 170 valence electrons. The van der Waals surface area contributed by atoms with Crippen LogP contribution in [0.5, 0.6) is 0 Å². The Morgan fingerprint density at radius 1 is 1.09 bits per heavy atom. The lowest BCUT2D eigenvalue weighted by Gasteiger charge is -2.14. The molecule has 0 spiro atoms. The predicted octanol–water partition coefficient (Wildman–Crippen LogP) is 3.10. The molecule has 2 aromatic heterocycles. The Morgan fingerprint density at radius 2 is 1.82 bits per heavy atom. The second-order valence-electron chi connectivity index (χ2n) is 8.37. The summed E-state index contributed by atoms with van der Waals surface area (Å²) in [6.45, 7) is 3.53. The number of aliphatic hydroxyl groups is 1. The van der Waals surface area contributed by atoms with Gasteiger partial charge in [0.2, 0.25) is 5.91 Å². The normalized spacial score (nSPS) is 12.1. The van der Waals surface area contributed by atoms with E-state index in [9.17, 15) is 14.7 Å². The average Bonchev–Trinajstić information content (AvgIpc) is 3.20. The van der Waals surface area contributed by atoms with Crippen LogP contribution in [-0.4, -0.2) is 31.2 Å². The van der Waals surface area contributed by atoms with E-state index in [1.165, 1.54) is 14.6 Å². The van der Waals surface area contributed by atoms with Gasteiger partial charge in [-0.25, -0.2) is 4.52 Å². The Bertz CT molecular complexity index is 1310. The molecule has 0 aliphatic carbocycles. The second kappa shape index (κ2) is 9.83. The van der Waals surface area contributed by atoms with E-state index in [1.807, 2.05) is 56.3 Å².